The Morgan fingerprint density at radius 3 is 1.76 bits per heavy atom. The molecule has 0 aromatic heterocycles. The highest BCUT2D eigenvalue weighted by Gasteiger charge is 2.41. The molecule has 0 aliphatic carbocycles. The minimum atomic E-state index is -0.915. The Morgan fingerprint density at radius 2 is 1.34 bits per heavy atom. The molecule has 0 amide bonds. The SMILES string of the molecule is CCCCCCCCCCCCCCCCCC1=NC=C[N+]1(CC(=O)O)C(C)O. The molecule has 5 heteroatoms. The molecular weight excluding hydrogens is 364 g/mol. The van der Waals surface area contributed by atoms with Crippen LogP contribution in [0.2, 0.25) is 0 Å². The van der Waals surface area contributed by atoms with Crippen molar-refractivity contribution in [2.24, 2.45) is 4.99 Å². The smallest absolute Gasteiger partial charge is 0.360 e. The van der Waals surface area contributed by atoms with Crippen LogP contribution in [0.1, 0.15) is 117 Å². The fraction of sp³-hybridized carbons (Fsp3) is 0.833. The van der Waals surface area contributed by atoms with Crippen molar-refractivity contribution < 1.29 is 19.5 Å². The second-order valence-corrected chi connectivity index (χ2v) is 8.66. The van der Waals surface area contributed by atoms with E-state index in [0.29, 0.717) is 0 Å². The lowest BCUT2D eigenvalue weighted by atomic mass is 10.0. The van der Waals surface area contributed by atoms with Gasteiger partial charge in [0.1, 0.15) is 6.20 Å². The lowest BCUT2D eigenvalue weighted by Crippen LogP contribution is -2.55. The number of unbranched alkanes of at least 4 members (excludes halogenated alkanes) is 14. The van der Waals surface area contributed by atoms with Gasteiger partial charge in [0.15, 0.2) is 12.8 Å². The fourth-order valence-electron chi connectivity index (χ4n) is 4.20. The molecule has 1 aliphatic heterocycles. The Kier molecular flexibility index (Phi) is 13.9. The second-order valence-electron chi connectivity index (χ2n) is 8.66. The molecule has 0 spiro atoms. The predicted molar refractivity (Wildman–Crippen MR) is 121 cm³/mol. The molecule has 168 valence electrons. The number of rotatable bonds is 19. The van der Waals surface area contributed by atoms with Crippen LogP contribution in [-0.2, 0) is 4.79 Å². The quantitative estimate of drug-likeness (QED) is 0.192. The van der Waals surface area contributed by atoms with Gasteiger partial charge in [-0.15, -0.1) is 0 Å². The highest BCUT2D eigenvalue weighted by molar-refractivity contribution is 5.81. The van der Waals surface area contributed by atoms with Gasteiger partial charge in [-0.05, 0) is 6.42 Å². The lowest BCUT2D eigenvalue weighted by molar-refractivity contribution is -0.832. The Labute approximate surface area is 178 Å². The number of carbonyl (C=O) groups is 1. The van der Waals surface area contributed by atoms with E-state index in [2.05, 4.69) is 11.9 Å². The predicted octanol–water partition coefficient (Wildman–Crippen LogP) is 6.37. The molecule has 0 saturated heterocycles. The Balaban J connectivity index is 2.00. The summed E-state index contributed by atoms with van der Waals surface area (Å²) in [5, 5.41) is 19.3. The molecule has 0 aromatic rings. The molecule has 0 saturated carbocycles. The maximum atomic E-state index is 11.2. The van der Waals surface area contributed by atoms with Crippen LogP contribution in [0.4, 0.5) is 0 Å². The van der Waals surface area contributed by atoms with E-state index in [1.165, 1.54) is 83.5 Å². The summed E-state index contributed by atoms with van der Waals surface area (Å²) < 4.78 is -0.0477. The molecule has 2 atom stereocenters. The van der Waals surface area contributed by atoms with Gasteiger partial charge in [-0.25, -0.2) is 14.3 Å². The van der Waals surface area contributed by atoms with Crippen molar-refractivity contribution in [2.45, 2.75) is 123 Å². The van der Waals surface area contributed by atoms with E-state index in [-0.39, 0.29) is 11.0 Å². The zero-order valence-corrected chi connectivity index (χ0v) is 18.9. The van der Waals surface area contributed by atoms with Crippen LogP contribution in [0.5, 0.6) is 0 Å². The van der Waals surface area contributed by atoms with E-state index >= 15 is 0 Å². The maximum Gasteiger partial charge on any atom is 0.360 e. The van der Waals surface area contributed by atoms with Gasteiger partial charge in [0.2, 0.25) is 5.84 Å². The van der Waals surface area contributed by atoms with Gasteiger partial charge in [0.05, 0.1) is 6.20 Å². The monoisotopic (exact) mass is 409 g/mol. The Bertz CT molecular complexity index is 502. The van der Waals surface area contributed by atoms with Crippen molar-refractivity contribution >= 4 is 11.8 Å². The van der Waals surface area contributed by atoms with Gasteiger partial charge in [0, 0.05) is 13.3 Å². The Hall–Kier alpha value is -1.20. The molecular formula is C24H45N2O3+. The topological polar surface area (TPSA) is 69.9 Å². The average molecular weight is 410 g/mol. The minimum absolute atomic E-state index is 0.0477. The van der Waals surface area contributed by atoms with E-state index in [4.69, 9.17) is 0 Å². The van der Waals surface area contributed by atoms with E-state index in [0.717, 1.165) is 25.1 Å². The largest absolute Gasteiger partial charge is 0.477 e. The first-order chi connectivity index (χ1) is 14.0. The standard InChI is InChI=1S/C24H44N2O3/c1-3-4-5-6-7-8-9-10-11-12-13-14-15-16-17-18-23-25-19-20-26(23,22(2)27)21-24(28)29/h19-20,22,27H,3-18,21H2,1-2H3/p+1. The van der Waals surface area contributed by atoms with Crippen LogP contribution in [0.25, 0.3) is 0 Å². The molecule has 1 heterocycles. The van der Waals surface area contributed by atoms with Gasteiger partial charge >= 0.3 is 5.97 Å². The number of nitrogens with zero attached hydrogens (tertiary/aromatic N) is 2. The van der Waals surface area contributed by atoms with Crippen LogP contribution in [0, 0.1) is 0 Å². The molecule has 0 bridgehead atoms. The summed E-state index contributed by atoms with van der Waals surface area (Å²) in [5.74, 6) is -0.140. The molecule has 2 N–H and O–H groups in total. The molecule has 1 rings (SSSR count). The third kappa shape index (κ3) is 10.4. The van der Waals surface area contributed by atoms with Crippen LogP contribution in [0.15, 0.2) is 17.4 Å². The van der Waals surface area contributed by atoms with E-state index in [1.54, 1.807) is 19.3 Å². The van der Waals surface area contributed by atoms with Gasteiger partial charge in [-0.2, -0.15) is 0 Å². The number of carboxylic acid groups (broad SMARTS) is 1. The molecule has 5 nitrogen and oxygen atoms in total. The zero-order valence-electron chi connectivity index (χ0n) is 18.9. The van der Waals surface area contributed by atoms with Crippen LogP contribution in [-0.4, -0.2) is 39.3 Å². The number of aliphatic hydroxyl groups excluding tert-OH is 1. The van der Waals surface area contributed by atoms with Crippen LogP contribution in [0.3, 0.4) is 0 Å². The average Bonchev–Trinajstić information content (AvgIpc) is 3.08. The number of aliphatic hydroxyl groups is 1. The molecule has 0 aromatic carbocycles. The van der Waals surface area contributed by atoms with Crippen molar-refractivity contribution in [3.63, 3.8) is 0 Å². The summed E-state index contributed by atoms with van der Waals surface area (Å²) in [6.45, 7) is 3.76. The maximum absolute atomic E-state index is 11.2. The highest BCUT2D eigenvalue weighted by atomic mass is 16.4. The summed E-state index contributed by atoms with van der Waals surface area (Å²) >= 11 is 0. The van der Waals surface area contributed by atoms with Crippen molar-refractivity contribution in [1.29, 1.82) is 0 Å². The number of carboxylic acids is 1. The number of hydrogen-bond acceptors (Lipinski definition) is 3. The third-order valence-electron chi connectivity index (χ3n) is 6.10. The summed E-state index contributed by atoms with van der Waals surface area (Å²) in [7, 11) is 0. The van der Waals surface area contributed by atoms with E-state index < -0.39 is 12.2 Å². The number of quaternary nitrogens is 1. The second kappa shape index (κ2) is 15.6. The minimum Gasteiger partial charge on any atom is -0.477 e. The number of hydrogen-bond donors (Lipinski definition) is 2. The first-order valence-electron chi connectivity index (χ1n) is 12.0. The van der Waals surface area contributed by atoms with Gasteiger partial charge < -0.3 is 10.2 Å². The van der Waals surface area contributed by atoms with E-state index in [1.807, 2.05) is 0 Å². The normalized spacial score (nSPS) is 19.5. The zero-order chi connectivity index (χ0) is 21.4. The van der Waals surface area contributed by atoms with E-state index in [9.17, 15) is 15.0 Å². The summed E-state index contributed by atoms with van der Waals surface area (Å²) in [4.78, 5) is 15.6. The highest BCUT2D eigenvalue weighted by Crippen LogP contribution is 2.24. The van der Waals surface area contributed by atoms with Crippen LogP contribution < -0.4 is 0 Å². The number of amidine groups is 1. The molecule has 2 unspecified atom stereocenters. The van der Waals surface area contributed by atoms with Gasteiger partial charge in [-0.3, -0.25) is 0 Å². The molecule has 0 fully saturated rings. The number of aliphatic carboxylic acids is 1. The molecule has 29 heavy (non-hydrogen) atoms. The van der Waals surface area contributed by atoms with Crippen LogP contribution >= 0.6 is 0 Å². The summed E-state index contributed by atoms with van der Waals surface area (Å²) in [6, 6.07) is 0. The van der Waals surface area contributed by atoms with Crippen molar-refractivity contribution in [1.82, 2.24) is 0 Å². The molecule has 1 aliphatic rings. The van der Waals surface area contributed by atoms with Crippen molar-refractivity contribution in [3.8, 4) is 0 Å². The third-order valence-corrected chi connectivity index (χ3v) is 6.10. The first kappa shape index (κ1) is 25.8. The van der Waals surface area contributed by atoms with Gasteiger partial charge in [0.25, 0.3) is 0 Å². The van der Waals surface area contributed by atoms with Crippen molar-refractivity contribution in [2.75, 3.05) is 6.54 Å². The first-order valence-corrected chi connectivity index (χ1v) is 12.0. The lowest BCUT2D eigenvalue weighted by Gasteiger charge is -2.33. The van der Waals surface area contributed by atoms with Gasteiger partial charge in [-0.1, -0.05) is 96.8 Å². The van der Waals surface area contributed by atoms with Crippen molar-refractivity contribution in [3.05, 3.63) is 12.4 Å². The summed E-state index contributed by atoms with van der Waals surface area (Å²) in [5.41, 5.74) is 0. The Morgan fingerprint density at radius 1 is 0.897 bits per heavy atom. The fourth-order valence-corrected chi connectivity index (χ4v) is 4.20. The summed E-state index contributed by atoms with van der Waals surface area (Å²) in [6.07, 6.45) is 23.2. The number of aliphatic imine (C=N–C) groups is 1. The molecule has 0 radical (unpaired) electrons.